The summed E-state index contributed by atoms with van der Waals surface area (Å²) in [5, 5.41) is 13.5. The summed E-state index contributed by atoms with van der Waals surface area (Å²) in [5.74, 6) is -1.37. The topological polar surface area (TPSA) is 78.4 Å². The van der Waals surface area contributed by atoms with E-state index in [1.807, 2.05) is 22.6 Å². The van der Waals surface area contributed by atoms with Gasteiger partial charge in [0.2, 0.25) is 0 Å². The third-order valence-electron chi connectivity index (χ3n) is 2.04. The summed E-state index contributed by atoms with van der Waals surface area (Å²) >= 11 is 1.90. The van der Waals surface area contributed by atoms with E-state index in [-0.39, 0.29) is 12.2 Å². The highest BCUT2D eigenvalue weighted by Gasteiger charge is 2.12. The van der Waals surface area contributed by atoms with Crippen LogP contribution in [0.15, 0.2) is 18.2 Å². The number of amides is 2. The molecule has 1 atom stereocenters. The van der Waals surface area contributed by atoms with Gasteiger partial charge in [0.05, 0.1) is 12.1 Å². The zero-order chi connectivity index (χ0) is 13.7. The molecule has 0 aliphatic carbocycles. The van der Waals surface area contributed by atoms with Gasteiger partial charge in [-0.2, -0.15) is 0 Å². The zero-order valence-corrected chi connectivity index (χ0v) is 11.7. The van der Waals surface area contributed by atoms with Gasteiger partial charge in [-0.25, -0.2) is 9.18 Å². The van der Waals surface area contributed by atoms with Crippen molar-refractivity contribution in [2.24, 2.45) is 0 Å². The smallest absolute Gasteiger partial charge is 0.319 e. The number of halogens is 2. The minimum absolute atomic E-state index is 0.159. The fraction of sp³-hybridized carbons (Fsp3) is 0.273. The van der Waals surface area contributed by atoms with Crippen LogP contribution in [0.5, 0.6) is 0 Å². The number of benzene rings is 1. The number of hydrogen-bond acceptors (Lipinski definition) is 2. The standard InChI is InChI=1S/C11H12FIN2O3/c1-6(4-10(16)17)14-11(18)15-9-3-2-7(12)5-8(9)13/h2-3,5-6H,4H2,1H3,(H,16,17)(H2,14,15,18). The molecule has 0 saturated heterocycles. The van der Waals surface area contributed by atoms with Gasteiger partial charge >= 0.3 is 12.0 Å². The first-order valence-electron chi connectivity index (χ1n) is 5.13. The van der Waals surface area contributed by atoms with Crippen LogP contribution >= 0.6 is 22.6 Å². The van der Waals surface area contributed by atoms with Crippen molar-refractivity contribution in [1.82, 2.24) is 5.32 Å². The summed E-state index contributed by atoms with van der Waals surface area (Å²) in [6, 6.07) is 2.96. The summed E-state index contributed by atoms with van der Waals surface area (Å²) in [6.45, 7) is 1.59. The third kappa shape index (κ3) is 4.86. The van der Waals surface area contributed by atoms with E-state index in [4.69, 9.17) is 5.11 Å². The lowest BCUT2D eigenvalue weighted by atomic mass is 10.2. The van der Waals surface area contributed by atoms with E-state index in [0.29, 0.717) is 9.26 Å². The predicted molar refractivity (Wildman–Crippen MR) is 73.0 cm³/mol. The number of urea groups is 1. The largest absolute Gasteiger partial charge is 0.481 e. The lowest BCUT2D eigenvalue weighted by molar-refractivity contribution is -0.137. The number of aliphatic carboxylic acids is 1. The maximum Gasteiger partial charge on any atom is 0.319 e. The molecule has 18 heavy (non-hydrogen) atoms. The van der Waals surface area contributed by atoms with Crippen molar-refractivity contribution in [3.05, 3.63) is 27.6 Å². The zero-order valence-electron chi connectivity index (χ0n) is 9.54. The first-order valence-corrected chi connectivity index (χ1v) is 6.20. The molecule has 0 aromatic heterocycles. The molecule has 0 radical (unpaired) electrons. The lowest BCUT2D eigenvalue weighted by Crippen LogP contribution is -2.37. The second-order valence-electron chi connectivity index (χ2n) is 3.72. The highest BCUT2D eigenvalue weighted by atomic mass is 127. The van der Waals surface area contributed by atoms with Gasteiger partial charge in [-0.15, -0.1) is 0 Å². The Hall–Kier alpha value is -1.38. The van der Waals surface area contributed by atoms with Crippen molar-refractivity contribution in [3.8, 4) is 0 Å². The van der Waals surface area contributed by atoms with Crippen molar-refractivity contribution in [1.29, 1.82) is 0 Å². The Balaban J connectivity index is 2.56. The molecule has 1 aromatic carbocycles. The quantitative estimate of drug-likeness (QED) is 0.717. The second-order valence-corrected chi connectivity index (χ2v) is 4.88. The Morgan fingerprint density at radius 2 is 2.17 bits per heavy atom. The van der Waals surface area contributed by atoms with Gasteiger partial charge in [0.15, 0.2) is 0 Å². The van der Waals surface area contributed by atoms with Crippen LogP contribution in [0.4, 0.5) is 14.9 Å². The van der Waals surface area contributed by atoms with E-state index < -0.39 is 18.0 Å². The molecule has 2 amide bonds. The van der Waals surface area contributed by atoms with Crippen molar-refractivity contribution in [3.63, 3.8) is 0 Å². The Labute approximate surface area is 117 Å². The van der Waals surface area contributed by atoms with Crippen molar-refractivity contribution >= 4 is 40.3 Å². The van der Waals surface area contributed by atoms with E-state index in [0.717, 1.165) is 0 Å². The first-order chi connectivity index (χ1) is 8.38. The average molecular weight is 366 g/mol. The van der Waals surface area contributed by atoms with Crippen LogP contribution in [-0.2, 0) is 4.79 Å². The van der Waals surface area contributed by atoms with E-state index in [1.165, 1.54) is 18.2 Å². The molecule has 7 heteroatoms. The normalized spacial score (nSPS) is 11.7. The molecule has 0 aliphatic rings. The molecule has 0 bridgehead atoms. The number of rotatable bonds is 4. The fourth-order valence-corrected chi connectivity index (χ4v) is 1.90. The predicted octanol–water partition coefficient (Wildman–Crippen LogP) is 2.42. The van der Waals surface area contributed by atoms with E-state index in [2.05, 4.69) is 10.6 Å². The molecule has 0 fully saturated rings. The highest BCUT2D eigenvalue weighted by molar-refractivity contribution is 14.1. The van der Waals surface area contributed by atoms with Crippen LogP contribution in [0.2, 0.25) is 0 Å². The lowest BCUT2D eigenvalue weighted by Gasteiger charge is -2.13. The minimum Gasteiger partial charge on any atom is -0.481 e. The van der Waals surface area contributed by atoms with Crippen LogP contribution in [0, 0.1) is 9.39 Å². The van der Waals surface area contributed by atoms with E-state index in [1.54, 1.807) is 6.92 Å². The maximum atomic E-state index is 12.8. The molecule has 3 N–H and O–H groups in total. The molecule has 0 heterocycles. The van der Waals surface area contributed by atoms with Crippen LogP contribution in [0.1, 0.15) is 13.3 Å². The fourth-order valence-electron chi connectivity index (χ4n) is 1.29. The van der Waals surface area contributed by atoms with E-state index in [9.17, 15) is 14.0 Å². The number of anilines is 1. The number of carboxylic acids is 1. The van der Waals surface area contributed by atoms with Crippen molar-refractivity contribution in [2.45, 2.75) is 19.4 Å². The van der Waals surface area contributed by atoms with Gasteiger partial charge in [-0.3, -0.25) is 4.79 Å². The van der Waals surface area contributed by atoms with Gasteiger partial charge in [0.25, 0.3) is 0 Å². The Kier molecular flexibility index (Phi) is 5.32. The molecule has 98 valence electrons. The number of carbonyl (C=O) groups excluding carboxylic acids is 1. The highest BCUT2D eigenvalue weighted by Crippen LogP contribution is 2.18. The molecule has 0 spiro atoms. The van der Waals surface area contributed by atoms with Gasteiger partial charge in [0, 0.05) is 9.61 Å². The monoisotopic (exact) mass is 366 g/mol. The number of nitrogens with one attached hydrogen (secondary N) is 2. The molecule has 0 aliphatic heterocycles. The molecule has 1 aromatic rings. The van der Waals surface area contributed by atoms with Crippen LogP contribution in [0.3, 0.4) is 0 Å². The number of hydrogen-bond donors (Lipinski definition) is 3. The minimum atomic E-state index is -0.987. The second kappa shape index (κ2) is 6.53. The SMILES string of the molecule is CC(CC(=O)O)NC(=O)Nc1ccc(F)cc1I. The summed E-state index contributed by atoms with van der Waals surface area (Å²) in [7, 11) is 0. The summed E-state index contributed by atoms with van der Waals surface area (Å²) < 4.78 is 13.4. The first kappa shape index (κ1) is 14.7. The molecular weight excluding hydrogens is 354 g/mol. The number of carboxylic acid groups (broad SMARTS) is 1. The average Bonchev–Trinajstić information content (AvgIpc) is 2.20. The van der Waals surface area contributed by atoms with Crippen molar-refractivity contribution < 1.29 is 19.1 Å². The Bertz CT molecular complexity index is 468. The summed E-state index contributed by atoms with van der Waals surface area (Å²) in [4.78, 5) is 22.0. The van der Waals surface area contributed by atoms with Gasteiger partial charge in [0.1, 0.15) is 5.82 Å². The van der Waals surface area contributed by atoms with Crippen LogP contribution < -0.4 is 10.6 Å². The van der Waals surface area contributed by atoms with Crippen molar-refractivity contribution in [2.75, 3.05) is 5.32 Å². The molecule has 1 unspecified atom stereocenters. The molecule has 0 saturated carbocycles. The number of carbonyl (C=O) groups is 2. The maximum absolute atomic E-state index is 12.8. The third-order valence-corrected chi connectivity index (χ3v) is 2.93. The summed E-state index contributed by atoms with van der Waals surface area (Å²) in [6.07, 6.45) is -0.159. The van der Waals surface area contributed by atoms with Crippen LogP contribution in [0.25, 0.3) is 0 Å². The van der Waals surface area contributed by atoms with E-state index >= 15 is 0 Å². The van der Waals surface area contributed by atoms with Gasteiger partial charge in [-0.1, -0.05) is 0 Å². The molecule has 5 nitrogen and oxygen atoms in total. The van der Waals surface area contributed by atoms with Gasteiger partial charge < -0.3 is 15.7 Å². The Morgan fingerprint density at radius 1 is 1.50 bits per heavy atom. The molecular formula is C11H12FIN2O3. The van der Waals surface area contributed by atoms with Gasteiger partial charge in [-0.05, 0) is 47.7 Å². The Morgan fingerprint density at radius 3 is 2.72 bits per heavy atom. The molecule has 1 rings (SSSR count). The van der Waals surface area contributed by atoms with Crippen LogP contribution in [-0.4, -0.2) is 23.1 Å². The summed E-state index contributed by atoms with van der Waals surface area (Å²) in [5.41, 5.74) is 0.469.